The molecule has 4 aromatic rings. The largest absolute Gasteiger partial charge is 0.442 e. The maximum atomic E-state index is 12.3. The number of carbonyl (C=O) groups is 1. The highest BCUT2D eigenvalue weighted by atomic mass is 32.1. The Labute approximate surface area is 178 Å². The molecule has 8 heteroatoms. The molecule has 0 unspecified atom stereocenters. The minimum absolute atomic E-state index is 0.0704. The van der Waals surface area contributed by atoms with Gasteiger partial charge in [0.2, 0.25) is 5.91 Å². The van der Waals surface area contributed by atoms with E-state index in [-0.39, 0.29) is 18.6 Å². The molecule has 0 aliphatic carbocycles. The second-order valence-electron chi connectivity index (χ2n) is 6.77. The molecule has 0 bridgehead atoms. The van der Waals surface area contributed by atoms with Crippen LogP contribution in [0, 0.1) is 13.8 Å². The van der Waals surface area contributed by atoms with Crippen molar-refractivity contribution >= 4 is 28.1 Å². The van der Waals surface area contributed by atoms with Gasteiger partial charge in [-0.25, -0.2) is 4.98 Å². The Morgan fingerprint density at radius 3 is 2.63 bits per heavy atom. The van der Waals surface area contributed by atoms with Gasteiger partial charge in [0.25, 0.3) is 5.89 Å². The van der Waals surface area contributed by atoms with Crippen LogP contribution in [0.25, 0.3) is 11.5 Å². The highest BCUT2D eigenvalue weighted by Crippen LogP contribution is 2.30. The van der Waals surface area contributed by atoms with Crippen molar-refractivity contribution in [1.29, 1.82) is 0 Å². The van der Waals surface area contributed by atoms with Crippen LogP contribution in [0.1, 0.15) is 23.7 Å². The van der Waals surface area contributed by atoms with Gasteiger partial charge in [0.1, 0.15) is 6.61 Å². The second kappa shape index (κ2) is 8.46. The average molecular weight is 420 g/mol. The molecule has 30 heavy (non-hydrogen) atoms. The fraction of sp³-hybridized carbons (Fsp3) is 0.182. The summed E-state index contributed by atoms with van der Waals surface area (Å²) in [7, 11) is 0. The second-order valence-corrected chi connectivity index (χ2v) is 7.61. The third-order valence-electron chi connectivity index (χ3n) is 4.57. The van der Waals surface area contributed by atoms with Crippen molar-refractivity contribution in [3.05, 3.63) is 70.7 Å². The van der Waals surface area contributed by atoms with Gasteiger partial charge in [0.15, 0.2) is 5.13 Å². The van der Waals surface area contributed by atoms with Crippen LogP contribution in [0.4, 0.5) is 10.8 Å². The summed E-state index contributed by atoms with van der Waals surface area (Å²) in [5.74, 6) is 0.284. The Hall–Kier alpha value is -3.52. The van der Waals surface area contributed by atoms with Gasteiger partial charge in [-0.05, 0) is 49.2 Å². The van der Waals surface area contributed by atoms with Crippen LogP contribution in [0.2, 0.25) is 0 Å². The molecule has 0 saturated heterocycles. The number of ether oxygens (including phenoxy) is 1. The molecular formula is C22H20N4O3S. The summed E-state index contributed by atoms with van der Waals surface area (Å²) >= 11 is 1.38. The van der Waals surface area contributed by atoms with Crippen LogP contribution in [0.3, 0.4) is 0 Å². The molecule has 0 fully saturated rings. The van der Waals surface area contributed by atoms with E-state index in [1.807, 2.05) is 67.8 Å². The molecule has 0 radical (unpaired) electrons. The van der Waals surface area contributed by atoms with Crippen molar-refractivity contribution in [3.63, 3.8) is 0 Å². The summed E-state index contributed by atoms with van der Waals surface area (Å²) in [5, 5.41) is 10.3. The zero-order valence-electron chi connectivity index (χ0n) is 16.8. The topological polar surface area (TPSA) is 81.4 Å². The number of aryl methyl sites for hydroxylation is 2. The number of carbonyl (C=O) groups excluding carboxylic acids is 1. The zero-order chi connectivity index (χ0) is 21.1. The Kier molecular flexibility index (Phi) is 5.58. The molecule has 1 amide bonds. The first-order valence-corrected chi connectivity index (χ1v) is 10.2. The normalized spacial score (nSPS) is 10.8. The third-order valence-corrected chi connectivity index (χ3v) is 5.44. The number of anilines is 2. The number of aromatic nitrogens is 3. The van der Waals surface area contributed by atoms with Crippen LogP contribution >= 0.6 is 11.3 Å². The van der Waals surface area contributed by atoms with Gasteiger partial charge in [-0.1, -0.05) is 29.4 Å². The van der Waals surface area contributed by atoms with Crippen molar-refractivity contribution in [3.8, 4) is 17.5 Å². The molecule has 2 aromatic carbocycles. The zero-order valence-corrected chi connectivity index (χ0v) is 17.6. The van der Waals surface area contributed by atoms with E-state index in [1.54, 1.807) is 4.90 Å². The standard InChI is InChI=1S/C22H20N4O3S/c1-14-9-10-19(11-15(14)2)26(16(3)27)21-23-18(13-30-21)12-28-22-25-24-20(29-22)17-7-5-4-6-8-17/h4-11,13H,12H2,1-3H3. The molecular weight excluding hydrogens is 400 g/mol. The van der Waals surface area contributed by atoms with Gasteiger partial charge < -0.3 is 9.15 Å². The van der Waals surface area contributed by atoms with Crippen LogP contribution in [-0.2, 0) is 11.4 Å². The van der Waals surface area contributed by atoms with Crippen molar-refractivity contribution in [2.75, 3.05) is 4.90 Å². The summed E-state index contributed by atoms with van der Waals surface area (Å²) in [6.07, 6.45) is 0.0704. The smallest absolute Gasteiger partial charge is 0.415 e. The van der Waals surface area contributed by atoms with Crippen molar-refractivity contribution in [2.45, 2.75) is 27.4 Å². The SMILES string of the molecule is CC(=O)N(c1ccc(C)c(C)c1)c1nc(COc2nnc(-c3ccccc3)o2)cs1. The molecule has 0 N–H and O–H groups in total. The van der Waals surface area contributed by atoms with Crippen LogP contribution in [-0.4, -0.2) is 21.1 Å². The Morgan fingerprint density at radius 1 is 1.10 bits per heavy atom. The first kappa shape index (κ1) is 19.8. The first-order chi connectivity index (χ1) is 14.5. The molecule has 0 atom stereocenters. The van der Waals surface area contributed by atoms with E-state index in [0.717, 1.165) is 16.8 Å². The third kappa shape index (κ3) is 4.23. The first-order valence-electron chi connectivity index (χ1n) is 9.35. The summed E-state index contributed by atoms with van der Waals surface area (Å²) in [4.78, 5) is 18.4. The number of rotatable bonds is 6. The molecule has 0 saturated carbocycles. The number of nitrogens with zero attached hydrogens (tertiary/aromatic N) is 4. The van der Waals surface area contributed by atoms with Gasteiger partial charge in [0.05, 0.1) is 11.4 Å². The number of thiazole rings is 1. The van der Waals surface area contributed by atoms with Crippen molar-refractivity contribution in [1.82, 2.24) is 15.2 Å². The minimum atomic E-state index is -0.107. The number of amides is 1. The Morgan fingerprint density at radius 2 is 1.90 bits per heavy atom. The van der Waals surface area contributed by atoms with Crippen LogP contribution in [0.5, 0.6) is 6.08 Å². The van der Waals surface area contributed by atoms with E-state index in [4.69, 9.17) is 9.15 Å². The predicted molar refractivity (Wildman–Crippen MR) is 115 cm³/mol. The van der Waals surface area contributed by atoms with Gasteiger partial charge in [-0.2, -0.15) is 0 Å². The van der Waals surface area contributed by atoms with E-state index in [1.165, 1.54) is 23.8 Å². The molecule has 0 aliphatic rings. The number of benzene rings is 2. The fourth-order valence-corrected chi connectivity index (χ4v) is 3.73. The Bertz CT molecular complexity index is 1170. The lowest BCUT2D eigenvalue weighted by atomic mass is 10.1. The average Bonchev–Trinajstić information content (AvgIpc) is 3.39. The molecule has 0 spiro atoms. The van der Waals surface area contributed by atoms with E-state index in [2.05, 4.69) is 15.2 Å². The summed E-state index contributed by atoms with van der Waals surface area (Å²) < 4.78 is 11.1. The molecule has 152 valence electrons. The number of hydrogen-bond acceptors (Lipinski definition) is 7. The quantitative estimate of drug-likeness (QED) is 0.433. The molecule has 0 aliphatic heterocycles. The maximum absolute atomic E-state index is 12.3. The summed E-state index contributed by atoms with van der Waals surface area (Å²) in [6.45, 7) is 5.74. The van der Waals surface area contributed by atoms with Crippen LogP contribution in [0.15, 0.2) is 58.3 Å². The number of hydrogen-bond donors (Lipinski definition) is 0. The lowest BCUT2D eigenvalue weighted by Gasteiger charge is -2.19. The lowest BCUT2D eigenvalue weighted by Crippen LogP contribution is -2.22. The molecule has 2 aromatic heterocycles. The van der Waals surface area contributed by atoms with Crippen molar-refractivity contribution in [2.24, 2.45) is 0 Å². The highest BCUT2D eigenvalue weighted by molar-refractivity contribution is 7.14. The van der Waals surface area contributed by atoms with Gasteiger partial charge in [-0.15, -0.1) is 16.4 Å². The van der Waals surface area contributed by atoms with E-state index >= 15 is 0 Å². The Balaban J connectivity index is 1.47. The fourth-order valence-electron chi connectivity index (χ4n) is 2.86. The predicted octanol–water partition coefficient (Wildman–Crippen LogP) is 5.07. The van der Waals surface area contributed by atoms with E-state index < -0.39 is 0 Å². The summed E-state index contributed by atoms with van der Waals surface area (Å²) in [5.41, 5.74) is 4.57. The molecule has 2 heterocycles. The van der Waals surface area contributed by atoms with E-state index in [0.29, 0.717) is 16.7 Å². The molecule has 4 rings (SSSR count). The monoisotopic (exact) mass is 420 g/mol. The van der Waals surface area contributed by atoms with Gasteiger partial charge >= 0.3 is 6.08 Å². The van der Waals surface area contributed by atoms with Crippen LogP contribution < -0.4 is 9.64 Å². The van der Waals surface area contributed by atoms with Crippen molar-refractivity contribution < 1.29 is 13.9 Å². The van der Waals surface area contributed by atoms with E-state index in [9.17, 15) is 4.79 Å². The molecule has 7 nitrogen and oxygen atoms in total. The summed E-state index contributed by atoms with van der Waals surface area (Å²) in [6, 6.07) is 15.4. The maximum Gasteiger partial charge on any atom is 0.415 e. The lowest BCUT2D eigenvalue weighted by molar-refractivity contribution is -0.115. The highest BCUT2D eigenvalue weighted by Gasteiger charge is 2.19. The van der Waals surface area contributed by atoms with Gasteiger partial charge in [-0.3, -0.25) is 9.69 Å². The van der Waals surface area contributed by atoms with Gasteiger partial charge in [0, 0.05) is 17.9 Å². The minimum Gasteiger partial charge on any atom is -0.442 e.